The van der Waals surface area contributed by atoms with Gasteiger partial charge in [0.05, 0.1) is 16.8 Å². The molecule has 2 heterocycles. The molecule has 0 saturated carbocycles. The van der Waals surface area contributed by atoms with Crippen LogP contribution in [0, 0.1) is 17.4 Å². The summed E-state index contributed by atoms with van der Waals surface area (Å²) < 4.78 is 0. The van der Waals surface area contributed by atoms with Crippen LogP contribution in [0.4, 0.5) is 0 Å². The second kappa shape index (κ2) is 4.27. The van der Waals surface area contributed by atoms with Crippen LogP contribution in [0.15, 0.2) is 48.7 Å². The van der Waals surface area contributed by atoms with Crippen LogP contribution in [0.2, 0.25) is 0 Å². The van der Waals surface area contributed by atoms with E-state index in [2.05, 4.69) is 22.1 Å². The molecule has 0 saturated heterocycles. The maximum absolute atomic E-state index is 9.07. The quantitative estimate of drug-likeness (QED) is 0.645. The third kappa shape index (κ3) is 1.70. The Morgan fingerprint density at radius 2 is 2.11 bits per heavy atom. The number of hydrogen-bond donors (Lipinski definition) is 0. The second-order valence-corrected chi connectivity index (χ2v) is 3.83. The van der Waals surface area contributed by atoms with Gasteiger partial charge in [0.25, 0.3) is 0 Å². The number of pyridine rings is 2. The lowest BCUT2D eigenvalue weighted by Gasteiger charge is -2.03. The first-order valence-corrected chi connectivity index (χ1v) is 5.51. The van der Waals surface area contributed by atoms with Crippen molar-refractivity contribution < 1.29 is 0 Å². The summed E-state index contributed by atoms with van der Waals surface area (Å²) in [4.78, 5) is 8.75. The number of nitriles is 1. The Balaban J connectivity index is 2.23. The summed E-state index contributed by atoms with van der Waals surface area (Å²) >= 11 is 0. The molecule has 0 atom stereocenters. The lowest BCUT2D eigenvalue weighted by molar-refractivity contribution is 1.26. The zero-order valence-electron chi connectivity index (χ0n) is 9.46. The predicted molar refractivity (Wildman–Crippen MR) is 68.5 cm³/mol. The third-order valence-corrected chi connectivity index (χ3v) is 2.70. The molecular formula is C15H8N3. The van der Waals surface area contributed by atoms with Crippen LogP contribution in [0.25, 0.3) is 22.3 Å². The molecule has 0 unspecified atom stereocenters. The van der Waals surface area contributed by atoms with Crippen molar-refractivity contribution in [2.24, 2.45) is 0 Å². The van der Waals surface area contributed by atoms with E-state index in [1.54, 1.807) is 18.3 Å². The lowest BCUT2D eigenvalue weighted by atomic mass is 10.1. The lowest BCUT2D eigenvalue weighted by Crippen LogP contribution is -1.91. The molecule has 1 aromatic carbocycles. The van der Waals surface area contributed by atoms with Gasteiger partial charge in [-0.15, -0.1) is 0 Å². The van der Waals surface area contributed by atoms with Gasteiger partial charge in [-0.05, 0) is 36.4 Å². The summed E-state index contributed by atoms with van der Waals surface area (Å²) in [5.74, 6) is 0. The highest BCUT2D eigenvalue weighted by Crippen LogP contribution is 2.21. The normalized spacial score (nSPS) is 10.2. The topological polar surface area (TPSA) is 49.6 Å². The van der Waals surface area contributed by atoms with Gasteiger partial charge in [-0.1, -0.05) is 12.1 Å². The van der Waals surface area contributed by atoms with Crippen molar-refractivity contribution in [2.45, 2.75) is 0 Å². The fourth-order valence-corrected chi connectivity index (χ4v) is 1.84. The molecule has 0 spiro atoms. The zero-order chi connectivity index (χ0) is 12.4. The van der Waals surface area contributed by atoms with Crippen LogP contribution in [0.3, 0.4) is 0 Å². The molecule has 0 fully saturated rings. The van der Waals surface area contributed by atoms with Crippen molar-refractivity contribution in [3.8, 4) is 17.5 Å². The molecule has 83 valence electrons. The molecule has 3 heteroatoms. The van der Waals surface area contributed by atoms with Crippen LogP contribution in [-0.4, -0.2) is 9.97 Å². The Kier molecular flexibility index (Phi) is 2.47. The van der Waals surface area contributed by atoms with E-state index in [-0.39, 0.29) is 0 Å². The van der Waals surface area contributed by atoms with E-state index >= 15 is 0 Å². The fourth-order valence-electron chi connectivity index (χ4n) is 1.84. The summed E-state index contributed by atoms with van der Waals surface area (Å²) in [6, 6.07) is 18.1. The largest absolute Gasteiger partial charge is 0.253 e. The number of fused-ring (bicyclic) bond motifs is 1. The Morgan fingerprint density at radius 3 is 3.00 bits per heavy atom. The molecule has 0 N–H and O–H groups in total. The average Bonchev–Trinajstić information content (AvgIpc) is 2.46. The molecule has 3 nitrogen and oxygen atoms in total. The van der Waals surface area contributed by atoms with Crippen molar-refractivity contribution in [1.29, 1.82) is 5.26 Å². The second-order valence-electron chi connectivity index (χ2n) is 3.83. The first kappa shape index (κ1) is 10.4. The Bertz CT molecular complexity index is 757. The Hall–Kier alpha value is -2.73. The molecular weight excluding hydrogens is 222 g/mol. The minimum Gasteiger partial charge on any atom is -0.253 e. The minimum atomic E-state index is 0.534. The number of rotatable bonds is 1. The van der Waals surface area contributed by atoms with Gasteiger partial charge in [-0.2, -0.15) is 5.26 Å². The Morgan fingerprint density at radius 1 is 1.17 bits per heavy atom. The number of hydrogen-bond acceptors (Lipinski definition) is 3. The van der Waals surface area contributed by atoms with Crippen LogP contribution >= 0.6 is 0 Å². The fraction of sp³-hybridized carbons (Fsp3) is 0. The highest BCUT2D eigenvalue weighted by molar-refractivity contribution is 5.81. The summed E-state index contributed by atoms with van der Waals surface area (Å²) in [6.45, 7) is 0. The maximum Gasteiger partial charge on any atom is 0.106 e. The Labute approximate surface area is 104 Å². The van der Waals surface area contributed by atoms with E-state index in [1.165, 1.54) is 0 Å². The molecule has 0 amide bonds. The number of benzene rings is 1. The maximum atomic E-state index is 9.07. The smallest absolute Gasteiger partial charge is 0.106 e. The van der Waals surface area contributed by atoms with Crippen LogP contribution in [0.5, 0.6) is 0 Å². The van der Waals surface area contributed by atoms with E-state index in [4.69, 9.17) is 5.26 Å². The SMILES string of the molecule is N#Cc1cccnc1-c1ccc2c[c]ccc2n1. The zero-order valence-corrected chi connectivity index (χ0v) is 9.46. The summed E-state index contributed by atoms with van der Waals surface area (Å²) in [7, 11) is 0. The van der Waals surface area contributed by atoms with Crippen LogP contribution < -0.4 is 0 Å². The van der Waals surface area contributed by atoms with Crippen molar-refractivity contribution in [3.63, 3.8) is 0 Å². The molecule has 3 aromatic rings. The highest BCUT2D eigenvalue weighted by Gasteiger charge is 2.07. The molecule has 2 aromatic heterocycles. The first-order chi connectivity index (χ1) is 8.88. The van der Waals surface area contributed by atoms with Crippen molar-refractivity contribution in [3.05, 3.63) is 60.3 Å². The number of aromatic nitrogens is 2. The molecule has 0 aliphatic rings. The monoisotopic (exact) mass is 230 g/mol. The van der Waals surface area contributed by atoms with Crippen molar-refractivity contribution in [2.75, 3.05) is 0 Å². The summed E-state index contributed by atoms with van der Waals surface area (Å²) in [5, 5.41) is 10.1. The van der Waals surface area contributed by atoms with Gasteiger partial charge in [-0.25, -0.2) is 4.98 Å². The average molecular weight is 230 g/mol. The molecule has 3 rings (SSSR count). The summed E-state index contributed by atoms with van der Waals surface area (Å²) in [6.07, 6.45) is 1.67. The number of nitrogens with zero attached hydrogens (tertiary/aromatic N) is 3. The molecule has 0 aliphatic heterocycles. The van der Waals surface area contributed by atoms with Crippen LogP contribution in [-0.2, 0) is 0 Å². The van der Waals surface area contributed by atoms with Gasteiger partial charge in [0.2, 0.25) is 0 Å². The molecule has 0 aliphatic carbocycles. The van der Waals surface area contributed by atoms with E-state index < -0.39 is 0 Å². The van der Waals surface area contributed by atoms with Crippen LogP contribution in [0.1, 0.15) is 5.56 Å². The van der Waals surface area contributed by atoms with Gasteiger partial charge in [0, 0.05) is 11.6 Å². The molecule has 1 radical (unpaired) electrons. The van der Waals surface area contributed by atoms with Gasteiger partial charge in [-0.3, -0.25) is 4.98 Å². The van der Waals surface area contributed by atoms with Crippen molar-refractivity contribution >= 4 is 10.9 Å². The highest BCUT2D eigenvalue weighted by atomic mass is 14.8. The van der Waals surface area contributed by atoms with Gasteiger partial charge in [0.15, 0.2) is 0 Å². The van der Waals surface area contributed by atoms with Gasteiger partial charge < -0.3 is 0 Å². The van der Waals surface area contributed by atoms with E-state index in [0.29, 0.717) is 17.0 Å². The summed E-state index contributed by atoms with van der Waals surface area (Å²) in [5.41, 5.74) is 2.74. The van der Waals surface area contributed by atoms with Gasteiger partial charge >= 0.3 is 0 Å². The predicted octanol–water partition coefficient (Wildman–Crippen LogP) is 2.97. The first-order valence-electron chi connectivity index (χ1n) is 5.51. The van der Waals surface area contributed by atoms with Crippen molar-refractivity contribution in [1.82, 2.24) is 9.97 Å². The van der Waals surface area contributed by atoms with E-state index in [1.807, 2.05) is 30.3 Å². The van der Waals surface area contributed by atoms with Gasteiger partial charge in [0.1, 0.15) is 11.8 Å². The van der Waals surface area contributed by atoms with E-state index in [9.17, 15) is 0 Å². The van der Waals surface area contributed by atoms with E-state index in [0.717, 1.165) is 10.9 Å². The molecule has 0 bridgehead atoms. The third-order valence-electron chi connectivity index (χ3n) is 2.70. The molecule has 18 heavy (non-hydrogen) atoms. The minimum absolute atomic E-state index is 0.534. The standard InChI is InChI=1S/C15H8N3/c16-10-12-5-3-9-17-15(12)14-8-7-11-4-1-2-6-13(11)18-14/h2-9H.